The van der Waals surface area contributed by atoms with Gasteiger partial charge in [0.1, 0.15) is 10.0 Å². The molecule has 0 bridgehead atoms. The second-order valence-corrected chi connectivity index (χ2v) is 11.7. The van der Waals surface area contributed by atoms with Gasteiger partial charge in [0.15, 0.2) is 0 Å². The maximum Gasteiger partial charge on any atom is 0.125 e. The van der Waals surface area contributed by atoms with Crippen molar-refractivity contribution in [3.05, 3.63) is 35.5 Å². The lowest BCUT2D eigenvalue weighted by atomic mass is 9.63. The first-order valence-corrected chi connectivity index (χ1v) is 12.8. The fraction of sp³-hybridized carbons (Fsp3) is 0.654. The van der Waals surface area contributed by atoms with E-state index in [2.05, 4.69) is 62.3 Å². The molecule has 1 aromatic carbocycles. The first kappa shape index (κ1) is 22.8. The molecule has 2 heterocycles. The highest BCUT2D eigenvalue weighted by Gasteiger charge is 2.37. The van der Waals surface area contributed by atoms with E-state index < -0.39 is 0 Å². The number of aliphatic hydroxyl groups is 1. The molecule has 4 rings (SSSR count). The van der Waals surface area contributed by atoms with Gasteiger partial charge in [-0.05, 0) is 73.1 Å². The molecule has 2 aromatic rings. The Bertz CT molecular complexity index is 881. The Kier molecular flexibility index (Phi) is 6.76. The summed E-state index contributed by atoms with van der Waals surface area (Å²) < 4.78 is 0. The van der Waals surface area contributed by atoms with Crippen LogP contribution in [0.25, 0.3) is 10.6 Å². The summed E-state index contributed by atoms with van der Waals surface area (Å²) in [4.78, 5) is 7.32. The van der Waals surface area contributed by atoms with Gasteiger partial charge in [0.25, 0.3) is 0 Å². The smallest absolute Gasteiger partial charge is 0.125 e. The predicted molar refractivity (Wildman–Crippen MR) is 132 cm³/mol. The fourth-order valence-electron chi connectivity index (χ4n) is 5.11. The Morgan fingerprint density at radius 1 is 1.06 bits per heavy atom. The number of hydrogen-bond donors (Lipinski definition) is 2. The summed E-state index contributed by atoms with van der Waals surface area (Å²) in [6.07, 6.45) is 8.87. The summed E-state index contributed by atoms with van der Waals surface area (Å²) in [7, 11) is 0. The van der Waals surface area contributed by atoms with Gasteiger partial charge in [-0.25, -0.2) is 4.98 Å². The highest BCUT2D eigenvalue weighted by atomic mass is 32.1. The van der Waals surface area contributed by atoms with E-state index in [1.807, 2.05) is 11.3 Å². The van der Waals surface area contributed by atoms with Crippen molar-refractivity contribution in [1.29, 1.82) is 0 Å². The van der Waals surface area contributed by atoms with Crippen LogP contribution in [0.3, 0.4) is 0 Å². The Labute approximate surface area is 192 Å². The first-order valence-electron chi connectivity index (χ1n) is 12.0. The molecule has 0 saturated carbocycles. The normalized spacial score (nSPS) is 20.6. The molecule has 1 fully saturated rings. The lowest BCUT2D eigenvalue weighted by Gasteiger charge is -2.42. The van der Waals surface area contributed by atoms with Crippen molar-refractivity contribution in [3.63, 3.8) is 0 Å². The van der Waals surface area contributed by atoms with Crippen LogP contribution < -0.4 is 10.2 Å². The van der Waals surface area contributed by atoms with Crippen LogP contribution in [0.4, 0.5) is 5.00 Å². The first-order chi connectivity index (χ1) is 14.8. The van der Waals surface area contributed by atoms with E-state index in [0.717, 1.165) is 37.5 Å². The Morgan fingerprint density at radius 3 is 2.48 bits per heavy atom. The number of aliphatic hydroxyl groups excluding tert-OH is 1. The van der Waals surface area contributed by atoms with Gasteiger partial charge in [-0.1, -0.05) is 51.2 Å². The number of piperidine rings is 1. The number of thiazole rings is 1. The fourth-order valence-corrected chi connectivity index (χ4v) is 6.08. The Hall–Kier alpha value is -1.43. The van der Waals surface area contributed by atoms with Crippen molar-refractivity contribution < 1.29 is 5.11 Å². The van der Waals surface area contributed by atoms with Crippen LogP contribution in [0.1, 0.15) is 77.3 Å². The zero-order valence-electron chi connectivity index (χ0n) is 19.7. The van der Waals surface area contributed by atoms with Gasteiger partial charge >= 0.3 is 0 Å². The number of nitrogens with one attached hydrogen (secondary N) is 1. The molecule has 4 nitrogen and oxygen atoms in total. The van der Waals surface area contributed by atoms with E-state index in [-0.39, 0.29) is 10.8 Å². The monoisotopic (exact) mass is 441 g/mol. The highest BCUT2D eigenvalue weighted by Crippen LogP contribution is 2.47. The molecule has 2 N–H and O–H groups in total. The third kappa shape index (κ3) is 4.99. The second kappa shape index (κ2) is 9.21. The highest BCUT2D eigenvalue weighted by molar-refractivity contribution is 7.18. The molecule has 0 spiro atoms. The lowest BCUT2D eigenvalue weighted by Crippen LogP contribution is -2.42. The lowest BCUT2D eigenvalue weighted by molar-refractivity contribution is 0.281. The minimum Gasteiger partial charge on any atom is -0.396 e. The standard InChI is InChI=1S/C26H39N3OS/c1-25(2)11-12-26(3,4)22-17-19(7-8-21(22)25)24-28-18-23(31-24)29-14-9-20(10-15-29)27-13-5-6-16-30/h7-8,17-18,20,27,30H,5-6,9-16H2,1-4H3. The van der Waals surface area contributed by atoms with Gasteiger partial charge < -0.3 is 15.3 Å². The molecule has 31 heavy (non-hydrogen) atoms. The number of hydrogen-bond acceptors (Lipinski definition) is 5. The molecule has 1 aromatic heterocycles. The van der Waals surface area contributed by atoms with Gasteiger partial charge in [0, 0.05) is 31.3 Å². The molecule has 1 aliphatic carbocycles. The van der Waals surface area contributed by atoms with Crippen LogP contribution in [-0.2, 0) is 10.8 Å². The minimum absolute atomic E-state index is 0.229. The molecule has 0 amide bonds. The Morgan fingerprint density at radius 2 is 1.77 bits per heavy atom. The molecule has 170 valence electrons. The molecular weight excluding hydrogens is 402 g/mol. The summed E-state index contributed by atoms with van der Waals surface area (Å²) in [5.41, 5.74) is 4.77. The van der Waals surface area contributed by atoms with Gasteiger partial charge in [-0.15, -0.1) is 0 Å². The molecule has 1 saturated heterocycles. The number of benzene rings is 1. The van der Waals surface area contributed by atoms with Gasteiger partial charge in [0.2, 0.25) is 0 Å². The number of aromatic nitrogens is 1. The van der Waals surface area contributed by atoms with Crippen molar-refractivity contribution in [1.82, 2.24) is 10.3 Å². The van der Waals surface area contributed by atoms with E-state index >= 15 is 0 Å². The summed E-state index contributed by atoms with van der Waals surface area (Å²) in [6.45, 7) is 13.0. The van der Waals surface area contributed by atoms with Crippen molar-refractivity contribution in [2.24, 2.45) is 0 Å². The quantitative estimate of drug-likeness (QED) is 0.558. The molecule has 0 unspecified atom stereocenters. The SMILES string of the molecule is CC1(C)CCC(C)(C)c2cc(-c3ncc(N4CCC(NCCCCO)CC4)s3)ccc21. The van der Waals surface area contributed by atoms with Crippen LogP contribution in [0.15, 0.2) is 24.4 Å². The van der Waals surface area contributed by atoms with E-state index in [9.17, 15) is 0 Å². The van der Waals surface area contributed by atoms with Crippen molar-refractivity contribution in [3.8, 4) is 10.6 Å². The molecular formula is C26H39N3OS. The predicted octanol–water partition coefficient (Wildman–Crippen LogP) is 5.49. The van der Waals surface area contributed by atoms with Crippen molar-refractivity contribution in [2.45, 2.75) is 83.1 Å². The molecule has 0 radical (unpaired) electrons. The van der Waals surface area contributed by atoms with E-state index in [1.165, 1.54) is 47.4 Å². The van der Waals surface area contributed by atoms with Gasteiger partial charge in [0.05, 0.1) is 6.20 Å². The zero-order valence-corrected chi connectivity index (χ0v) is 20.5. The Balaban J connectivity index is 1.43. The third-order valence-corrected chi connectivity index (χ3v) is 8.52. The molecule has 5 heteroatoms. The van der Waals surface area contributed by atoms with Gasteiger partial charge in [-0.2, -0.15) is 0 Å². The average Bonchev–Trinajstić information content (AvgIpc) is 3.25. The zero-order chi connectivity index (χ0) is 22.1. The van der Waals surface area contributed by atoms with Gasteiger partial charge in [-0.3, -0.25) is 0 Å². The largest absolute Gasteiger partial charge is 0.396 e. The van der Waals surface area contributed by atoms with Crippen molar-refractivity contribution >= 4 is 16.3 Å². The number of rotatable bonds is 7. The number of nitrogens with zero attached hydrogens (tertiary/aromatic N) is 2. The molecule has 0 atom stereocenters. The topological polar surface area (TPSA) is 48.4 Å². The maximum atomic E-state index is 8.92. The van der Waals surface area contributed by atoms with Crippen molar-refractivity contribution in [2.75, 3.05) is 31.1 Å². The van der Waals surface area contributed by atoms with Crippen LogP contribution in [0.2, 0.25) is 0 Å². The molecule has 1 aliphatic heterocycles. The maximum absolute atomic E-state index is 8.92. The van der Waals surface area contributed by atoms with Crippen LogP contribution >= 0.6 is 11.3 Å². The van der Waals surface area contributed by atoms with E-state index in [4.69, 9.17) is 10.1 Å². The minimum atomic E-state index is 0.229. The average molecular weight is 442 g/mol. The molecule has 2 aliphatic rings. The summed E-state index contributed by atoms with van der Waals surface area (Å²) in [6, 6.07) is 7.67. The van der Waals surface area contributed by atoms with Crippen LogP contribution in [0.5, 0.6) is 0 Å². The number of anilines is 1. The second-order valence-electron chi connectivity index (χ2n) is 10.7. The van der Waals surface area contributed by atoms with Crippen LogP contribution in [0, 0.1) is 0 Å². The third-order valence-electron chi connectivity index (χ3n) is 7.42. The summed E-state index contributed by atoms with van der Waals surface area (Å²) in [5.74, 6) is 0. The number of unbranched alkanes of at least 4 members (excludes halogenated alkanes) is 1. The number of fused-ring (bicyclic) bond motifs is 1. The van der Waals surface area contributed by atoms with E-state index in [0.29, 0.717) is 12.6 Å². The van der Waals surface area contributed by atoms with E-state index in [1.54, 1.807) is 0 Å². The van der Waals surface area contributed by atoms with Crippen LogP contribution in [-0.4, -0.2) is 42.4 Å². The summed E-state index contributed by atoms with van der Waals surface area (Å²) in [5, 5.41) is 15.0. The summed E-state index contributed by atoms with van der Waals surface area (Å²) >= 11 is 1.84.